The van der Waals surface area contributed by atoms with Gasteiger partial charge in [-0.1, -0.05) is 18.3 Å². The third-order valence-electron chi connectivity index (χ3n) is 2.67. The van der Waals surface area contributed by atoms with E-state index in [1.807, 2.05) is 24.9 Å². The summed E-state index contributed by atoms with van der Waals surface area (Å²) in [6, 6.07) is 5.18. The van der Waals surface area contributed by atoms with Crippen molar-refractivity contribution < 1.29 is 0 Å². The zero-order valence-electron chi connectivity index (χ0n) is 9.59. The molecule has 1 aromatic heterocycles. The molecule has 2 N–H and O–H groups in total. The summed E-state index contributed by atoms with van der Waals surface area (Å²) < 4.78 is 1.67. The third-order valence-corrected chi connectivity index (χ3v) is 3.01. The minimum atomic E-state index is 0.0129. The molecule has 0 saturated carbocycles. The average Bonchev–Trinajstić information content (AvgIpc) is 2.26. The van der Waals surface area contributed by atoms with Gasteiger partial charge >= 0.3 is 0 Å². The quantitative estimate of drug-likeness (QED) is 0.758. The number of pyridine rings is 1. The molecule has 1 aromatic rings. The van der Waals surface area contributed by atoms with Crippen molar-refractivity contribution in [2.75, 3.05) is 13.6 Å². The molecule has 0 radical (unpaired) electrons. The number of nitrogens with zero attached hydrogens (tertiary/aromatic N) is 2. The summed E-state index contributed by atoms with van der Waals surface area (Å²) >= 11 is 4.92. The maximum atomic E-state index is 11.4. The summed E-state index contributed by atoms with van der Waals surface area (Å²) in [6.45, 7) is 3.33. The summed E-state index contributed by atoms with van der Waals surface area (Å²) in [7, 11) is 1.94. The zero-order chi connectivity index (χ0) is 12.1. The first-order valence-electron chi connectivity index (χ1n) is 5.17. The molecule has 1 unspecified atom stereocenters. The number of likely N-dealkylation sites (N-methyl/N-ethyl adjacent to an activating group) is 1. The summed E-state index contributed by atoms with van der Waals surface area (Å²) in [4.78, 5) is 13.9. The zero-order valence-corrected chi connectivity index (χ0v) is 10.4. The molecular formula is C11H17N3OS. The molecule has 0 amide bonds. The van der Waals surface area contributed by atoms with E-state index in [-0.39, 0.29) is 11.6 Å². The Balaban J connectivity index is 2.55. The van der Waals surface area contributed by atoms with Gasteiger partial charge in [0.05, 0.1) is 11.0 Å². The number of aromatic nitrogens is 1. The van der Waals surface area contributed by atoms with Gasteiger partial charge in [-0.25, -0.2) is 0 Å². The van der Waals surface area contributed by atoms with E-state index >= 15 is 0 Å². The highest BCUT2D eigenvalue weighted by atomic mass is 32.1. The van der Waals surface area contributed by atoms with Crippen molar-refractivity contribution in [1.82, 2.24) is 9.47 Å². The normalized spacial score (nSPS) is 12.7. The van der Waals surface area contributed by atoms with Crippen molar-refractivity contribution in [3.63, 3.8) is 0 Å². The third kappa shape index (κ3) is 3.43. The first kappa shape index (κ1) is 12.9. The summed E-state index contributed by atoms with van der Waals surface area (Å²) in [5.74, 6) is 0. The van der Waals surface area contributed by atoms with Crippen molar-refractivity contribution in [3.8, 4) is 0 Å². The van der Waals surface area contributed by atoms with Gasteiger partial charge in [0.1, 0.15) is 0 Å². The highest BCUT2D eigenvalue weighted by molar-refractivity contribution is 7.80. The van der Waals surface area contributed by atoms with Gasteiger partial charge in [0.15, 0.2) is 0 Å². The molecule has 0 aliphatic carbocycles. The first-order chi connectivity index (χ1) is 7.52. The molecule has 0 fully saturated rings. The van der Waals surface area contributed by atoms with Gasteiger partial charge in [-0.15, -0.1) is 0 Å². The predicted octanol–water partition coefficient (Wildman–Crippen LogP) is 0.455. The van der Waals surface area contributed by atoms with Crippen LogP contribution in [0.3, 0.4) is 0 Å². The Morgan fingerprint density at radius 1 is 1.62 bits per heavy atom. The van der Waals surface area contributed by atoms with Crippen molar-refractivity contribution >= 4 is 17.2 Å². The topological polar surface area (TPSA) is 51.3 Å². The van der Waals surface area contributed by atoms with Crippen LogP contribution in [0.2, 0.25) is 0 Å². The lowest BCUT2D eigenvalue weighted by atomic mass is 10.3. The molecule has 0 aliphatic rings. The molecule has 0 aromatic carbocycles. The van der Waals surface area contributed by atoms with E-state index in [1.54, 1.807) is 22.9 Å². The fourth-order valence-electron chi connectivity index (χ4n) is 1.32. The molecular weight excluding hydrogens is 222 g/mol. The number of thiocarbonyl (C=S) groups is 1. The molecule has 1 atom stereocenters. The molecule has 0 saturated heterocycles. The van der Waals surface area contributed by atoms with Crippen LogP contribution in [0.1, 0.15) is 6.92 Å². The van der Waals surface area contributed by atoms with Gasteiger partial charge in [0.2, 0.25) is 0 Å². The van der Waals surface area contributed by atoms with Crippen LogP contribution in [-0.2, 0) is 6.54 Å². The van der Waals surface area contributed by atoms with Crippen molar-refractivity contribution in [2.24, 2.45) is 5.73 Å². The minimum absolute atomic E-state index is 0.0129. The predicted molar refractivity (Wildman–Crippen MR) is 69.6 cm³/mol. The number of hydrogen-bond donors (Lipinski definition) is 1. The SMILES string of the molecule is CC(C(N)=S)N(C)CCn1ccccc1=O. The number of nitrogens with two attached hydrogens (primary N) is 1. The molecule has 5 heteroatoms. The molecule has 4 nitrogen and oxygen atoms in total. The van der Waals surface area contributed by atoms with Crippen molar-refractivity contribution in [1.29, 1.82) is 0 Å². The summed E-state index contributed by atoms with van der Waals surface area (Å²) in [5, 5.41) is 0. The van der Waals surface area contributed by atoms with E-state index in [0.717, 1.165) is 6.54 Å². The maximum absolute atomic E-state index is 11.4. The fraction of sp³-hybridized carbons (Fsp3) is 0.455. The van der Waals surface area contributed by atoms with Gasteiger partial charge < -0.3 is 10.3 Å². The molecule has 1 heterocycles. The Labute approximate surface area is 101 Å². The Morgan fingerprint density at radius 3 is 2.88 bits per heavy atom. The standard InChI is InChI=1S/C11H17N3OS/c1-9(11(12)16)13(2)7-8-14-6-4-3-5-10(14)15/h3-6,9H,7-8H2,1-2H3,(H2,12,16). The summed E-state index contributed by atoms with van der Waals surface area (Å²) in [6.07, 6.45) is 1.78. The van der Waals surface area contributed by atoms with Crippen LogP contribution >= 0.6 is 12.2 Å². The van der Waals surface area contributed by atoms with Crippen LogP contribution in [-0.4, -0.2) is 34.1 Å². The van der Waals surface area contributed by atoms with Gasteiger partial charge in [-0.3, -0.25) is 9.69 Å². The Bertz CT molecular complexity index is 416. The maximum Gasteiger partial charge on any atom is 0.250 e. The lowest BCUT2D eigenvalue weighted by molar-refractivity contribution is 0.297. The van der Waals surface area contributed by atoms with E-state index in [0.29, 0.717) is 11.5 Å². The number of hydrogen-bond acceptors (Lipinski definition) is 3. The Hall–Kier alpha value is -1.20. The molecule has 0 spiro atoms. The molecule has 1 rings (SSSR count). The largest absolute Gasteiger partial charge is 0.392 e. The van der Waals surface area contributed by atoms with Crippen molar-refractivity contribution in [3.05, 3.63) is 34.7 Å². The highest BCUT2D eigenvalue weighted by Gasteiger charge is 2.11. The molecule has 88 valence electrons. The van der Waals surface area contributed by atoms with Crippen LogP contribution in [0.5, 0.6) is 0 Å². The molecule has 16 heavy (non-hydrogen) atoms. The van der Waals surface area contributed by atoms with E-state index in [9.17, 15) is 4.79 Å². The molecule has 0 aliphatic heterocycles. The average molecular weight is 239 g/mol. The van der Waals surface area contributed by atoms with Crippen LogP contribution in [0.25, 0.3) is 0 Å². The van der Waals surface area contributed by atoms with Crippen LogP contribution < -0.4 is 11.3 Å². The second kappa shape index (κ2) is 5.77. The van der Waals surface area contributed by atoms with Crippen LogP contribution in [0, 0.1) is 0 Å². The van der Waals surface area contributed by atoms with Gasteiger partial charge in [-0.05, 0) is 20.0 Å². The van der Waals surface area contributed by atoms with Gasteiger partial charge in [0, 0.05) is 25.4 Å². The first-order valence-corrected chi connectivity index (χ1v) is 5.58. The van der Waals surface area contributed by atoms with Gasteiger partial charge in [-0.2, -0.15) is 0 Å². The lowest BCUT2D eigenvalue weighted by Gasteiger charge is -2.23. The van der Waals surface area contributed by atoms with E-state index < -0.39 is 0 Å². The number of rotatable bonds is 5. The lowest BCUT2D eigenvalue weighted by Crippen LogP contribution is -2.41. The second-order valence-electron chi connectivity index (χ2n) is 3.79. The van der Waals surface area contributed by atoms with Gasteiger partial charge in [0.25, 0.3) is 5.56 Å². The highest BCUT2D eigenvalue weighted by Crippen LogP contribution is 1.96. The fourth-order valence-corrected chi connectivity index (χ4v) is 1.50. The van der Waals surface area contributed by atoms with Crippen LogP contribution in [0.4, 0.5) is 0 Å². The summed E-state index contributed by atoms with van der Waals surface area (Å²) in [5.41, 5.74) is 5.57. The smallest absolute Gasteiger partial charge is 0.250 e. The van der Waals surface area contributed by atoms with E-state index in [2.05, 4.69) is 0 Å². The Morgan fingerprint density at radius 2 is 2.31 bits per heavy atom. The molecule has 0 bridgehead atoms. The van der Waals surface area contributed by atoms with E-state index in [1.165, 1.54) is 0 Å². The Kier molecular flexibility index (Phi) is 4.64. The van der Waals surface area contributed by atoms with E-state index in [4.69, 9.17) is 18.0 Å². The second-order valence-corrected chi connectivity index (χ2v) is 4.26. The monoisotopic (exact) mass is 239 g/mol. The van der Waals surface area contributed by atoms with Crippen molar-refractivity contribution in [2.45, 2.75) is 19.5 Å². The van der Waals surface area contributed by atoms with Crippen LogP contribution in [0.15, 0.2) is 29.2 Å². The minimum Gasteiger partial charge on any atom is -0.392 e.